The lowest BCUT2D eigenvalue weighted by molar-refractivity contribution is 0.178. The molecule has 2 heterocycles. The van der Waals surface area contributed by atoms with Crippen molar-refractivity contribution < 1.29 is 4.74 Å². The maximum Gasteiger partial charge on any atom is 0.158 e. The molecule has 20 heavy (non-hydrogen) atoms. The number of aromatic nitrogens is 2. The van der Waals surface area contributed by atoms with Crippen LogP contribution in [-0.2, 0) is 17.8 Å². The highest BCUT2D eigenvalue weighted by molar-refractivity contribution is 7.11. The standard InChI is InChI=1S/C14H18ClN3OS/c1-9(6-11-5-4-10(2)20-11)16-13-7-12(15)17-14(18-13)8-19-3/h4-5,7,9H,6,8H2,1-3H3,(H,16,17,18). The zero-order valence-electron chi connectivity index (χ0n) is 11.8. The van der Waals surface area contributed by atoms with Gasteiger partial charge in [0.1, 0.15) is 17.6 Å². The molecule has 1 atom stereocenters. The monoisotopic (exact) mass is 311 g/mol. The topological polar surface area (TPSA) is 47.0 Å². The average molecular weight is 312 g/mol. The minimum Gasteiger partial charge on any atom is -0.377 e. The molecule has 2 rings (SSSR count). The van der Waals surface area contributed by atoms with Crippen molar-refractivity contribution in [2.24, 2.45) is 0 Å². The molecular formula is C14H18ClN3OS. The van der Waals surface area contributed by atoms with Crippen molar-refractivity contribution >= 4 is 28.8 Å². The fourth-order valence-corrected chi connectivity index (χ4v) is 3.15. The van der Waals surface area contributed by atoms with Crippen LogP contribution in [0.1, 0.15) is 22.5 Å². The Kier molecular flexibility index (Phi) is 5.34. The summed E-state index contributed by atoms with van der Waals surface area (Å²) in [7, 11) is 1.61. The fraction of sp³-hybridized carbons (Fsp3) is 0.429. The SMILES string of the molecule is COCc1nc(Cl)cc(NC(C)Cc2ccc(C)s2)n1. The van der Waals surface area contributed by atoms with Crippen molar-refractivity contribution in [2.75, 3.05) is 12.4 Å². The Labute approximate surface area is 128 Å². The Morgan fingerprint density at radius 2 is 2.20 bits per heavy atom. The first kappa shape index (κ1) is 15.2. The fourth-order valence-electron chi connectivity index (χ4n) is 1.93. The van der Waals surface area contributed by atoms with E-state index in [0.29, 0.717) is 17.6 Å². The van der Waals surface area contributed by atoms with E-state index in [1.54, 1.807) is 13.2 Å². The van der Waals surface area contributed by atoms with Gasteiger partial charge in [-0.2, -0.15) is 0 Å². The van der Waals surface area contributed by atoms with Gasteiger partial charge in [0, 0.05) is 35.4 Å². The number of nitrogens with zero attached hydrogens (tertiary/aromatic N) is 2. The van der Waals surface area contributed by atoms with Crippen LogP contribution < -0.4 is 5.32 Å². The summed E-state index contributed by atoms with van der Waals surface area (Å²) in [5.74, 6) is 1.32. The normalized spacial score (nSPS) is 12.4. The number of aryl methyl sites for hydroxylation is 1. The minimum atomic E-state index is 0.273. The van der Waals surface area contributed by atoms with Crippen LogP contribution in [0.15, 0.2) is 18.2 Å². The summed E-state index contributed by atoms with van der Waals surface area (Å²) in [5, 5.41) is 3.78. The van der Waals surface area contributed by atoms with Gasteiger partial charge < -0.3 is 10.1 Å². The van der Waals surface area contributed by atoms with E-state index in [0.717, 1.165) is 12.2 Å². The van der Waals surface area contributed by atoms with E-state index >= 15 is 0 Å². The van der Waals surface area contributed by atoms with E-state index < -0.39 is 0 Å². The predicted molar refractivity (Wildman–Crippen MR) is 83.6 cm³/mol. The number of hydrogen-bond acceptors (Lipinski definition) is 5. The molecule has 1 unspecified atom stereocenters. The van der Waals surface area contributed by atoms with Crippen LogP contribution >= 0.6 is 22.9 Å². The number of nitrogens with one attached hydrogen (secondary N) is 1. The van der Waals surface area contributed by atoms with E-state index in [2.05, 4.69) is 41.3 Å². The second-order valence-corrected chi connectivity index (χ2v) is 6.45. The number of thiophene rings is 1. The molecule has 0 radical (unpaired) electrons. The Morgan fingerprint density at radius 1 is 1.40 bits per heavy atom. The molecule has 0 aliphatic rings. The van der Waals surface area contributed by atoms with Crippen LogP contribution in [0, 0.1) is 6.92 Å². The van der Waals surface area contributed by atoms with Gasteiger partial charge in [-0.05, 0) is 26.0 Å². The first-order valence-electron chi connectivity index (χ1n) is 6.41. The molecule has 2 aromatic rings. The molecule has 0 bridgehead atoms. The van der Waals surface area contributed by atoms with Gasteiger partial charge in [0.2, 0.25) is 0 Å². The third-order valence-corrected chi connectivity index (χ3v) is 3.93. The van der Waals surface area contributed by atoms with Gasteiger partial charge in [0.15, 0.2) is 5.82 Å². The highest BCUT2D eigenvalue weighted by atomic mass is 35.5. The molecule has 0 spiro atoms. The van der Waals surface area contributed by atoms with E-state index in [9.17, 15) is 0 Å². The van der Waals surface area contributed by atoms with Crippen LogP contribution in [0.4, 0.5) is 5.82 Å². The van der Waals surface area contributed by atoms with Crippen molar-refractivity contribution in [3.8, 4) is 0 Å². The molecule has 108 valence electrons. The molecule has 0 fully saturated rings. The number of rotatable bonds is 6. The highest BCUT2D eigenvalue weighted by Crippen LogP contribution is 2.19. The summed E-state index contributed by atoms with van der Waals surface area (Å²) in [5.41, 5.74) is 0. The Balaban J connectivity index is 2.01. The van der Waals surface area contributed by atoms with Crippen LogP contribution in [0.2, 0.25) is 5.15 Å². The molecule has 0 aromatic carbocycles. The second-order valence-electron chi connectivity index (χ2n) is 4.69. The first-order valence-corrected chi connectivity index (χ1v) is 7.60. The van der Waals surface area contributed by atoms with Gasteiger partial charge in [0.05, 0.1) is 0 Å². The van der Waals surface area contributed by atoms with Crippen LogP contribution in [-0.4, -0.2) is 23.1 Å². The van der Waals surface area contributed by atoms with Crippen LogP contribution in [0.3, 0.4) is 0 Å². The summed E-state index contributed by atoms with van der Waals surface area (Å²) in [6.45, 7) is 4.60. The molecule has 0 amide bonds. The van der Waals surface area contributed by atoms with E-state index in [1.807, 2.05) is 11.3 Å². The maximum atomic E-state index is 5.99. The van der Waals surface area contributed by atoms with Crippen LogP contribution in [0.5, 0.6) is 0 Å². The molecule has 0 saturated heterocycles. The first-order chi connectivity index (χ1) is 9.56. The molecule has 1 N–H and O–H groups in total. The number of halogens is 1. The van der Waals surface area contributed by atoms with Crippen molar-refractivity contribution in [1.29, 1.82) is 0 Å². The number of anilines is 1. The van der Waals surface area contributed by atoms with Crippen molar-refractivity contribution in [3.63, 3.8) is 0 Å². The highest BCUT2D eigenvalue weighted by Gasteiger charge is 2.08. The van der Waals surface area contributed by atoms with E-state index in [-0.39, 0.29) is 6.04 Å². The van der Waals surface area contributed by atoms with Gasteiger partial charge in [-0.25, -0.2) is 9.97 Å². The third kappa shape index (κ3) is 4.44. The van der Waals surface area contributed by atoms with Gasteiger partial charge in [-0.15, -0.1) is 11.3 Å². The van der Waals surface area contributed by atoms with Gasteiger partial charge in [-0.1, -0.05) is 11.6 Å². The minimum absolute atomic E-state index is 0.273. The number of ether oxygens (including phenoxy) is 1. The van der Waals surface area contributed by atoms with Gasteiger partial charge in [0.25, 0.3) is 0 Å². The van der Waals surface area contributed by atoms with Gasteiger partial charge >= 0.3 is 0 Å². The summed E-state index contributed by atoms with van der Waals surface area (Å²) >= 11 is 7.81. The van der Waals surface area contributed by atoms with Crippen molar-refractivity contribution in [2.45, 2.75) is 32.9 Å². The average Bonchev–Trinajstić information content (AvgIpc) is 2.74. The second kappa shape index (κ2) is 7.02. The maximum absolute atomic E-state index is 5.99. The number of hydrogen-bond donors (Lipinski definition) is 1. The largest absolute Gasteiger partial charge is 0.377 e. The molecule has 4 nitrogen and oxygen atoms in total. The zero-order valence-corrected chi connectivity index (χ0v) is 13.4. The molecule has 0 aliphatic heterocycles. The Morgan fingerprint density at radius 3 is 2.85 bits per heavy atom. The third-order valence-electron chi connectivity index (χ3n) is 2.71. The number of methoxy groups -OCH3 is 1. The zero-order chi connectivity index (χ0) is 14.5. The summed E-state index contributed by atoms with van der Waals surface area (Å²) in [6, 6.07) is 6.32. The molecule has 6 heteroatoms. The lowest BCUT2D eigenvalue weighted by Crippen LogP contribution is -2.19. The molecular weight excluding hydrogens is 294 g/mol. The van der Waals surface area contributed by atoms with Gasteiger partial charge in [-0.3, -0.25) is 0 Å². The van der Waals surface area contributed by atoms with Crippen molar-refractivity contribution in [3.05, 3.63) is 38.9 Å². The smallest absolute Gasteiger partial charge is 0.158 e. The lowest BCUT2D eigenvalue weighted by atomic mass is 10.2. The summed E-state index contributed by atoms with van der Waals surface area (Å²) < 4.78 is 5.03. The molecule has 2 aromatic heterocycles. The molecule has 0 aliphatic carbocycles. The molecule has 0 saturated carbocycles. The Bertz CT molecular complexity index is 573. The quantitative estimate of drug-likeness (QED) is 0.827. The lowest BCUT2D eigenvalue weighted by Gasteiger charge is -2.14. The van der Waals surface area contributed by atoms with E-state index in [4.69, 9.17) is 16.3 Å². The summed E-state index contributed by atoms with van der Waals surface area (Å²) in [4.78, 5) is 11.2. The Hall–Kier alpha value is -1.17. The van der Waals surface area contributed by atoms with Crippen molar-refractivity contribution in [1.82, 2.24) is 9.97 Å². The van der Waals surface area contributed by atoms with Crippen LogP contribution in [0.25, 0.3) is 0 Å². The predicted octanol–water partition coefficient (Wildman–Crippen LogP) is 3.69. The summed E-state index contributed by atoms with van der Waals surface area (Å²) in [6.07, 6.45) is 0.958. The van der Waals surface area contributed by atoms with E-state index in [1.165, 1.54) is 9.75 Å².